The molecule has 0 atom stereocenters. The number of hydrogen-bond acceptors (Lipinski definition) is 1. The third-order valence-corrected chi connectivity index (χ3v) is 3.70. The van der Waals surface area contributed by atoms with Crippen LogP contribution in [0.2, 0.25) is 5.02 Å². The fraction of sp³-hybridized carbons (Fsp3) is 0.118. The van der Waals surface area contributed by atoms with Crippen LogP contribution in [0.1, 0.15) is 15.9 Å². The first-order valence-corrected chi connectivity index (χ1v) is 7.20. The van der Waals surface area contributed by atoms with Crippen molar-refractivity contribution in [3.05, 3.63) is 70.9 Å². The fourth-order valence-electron chi connectivity index (χ4n) is 2.34. The van der Waals surface area contributed by atoms with Crippen molar-refractivity contribution in [2.75, 3.05) is 6.54 Å². The highest BCUT2D eigenvalue weighted by Crippen LogP contribution is 2.16. The number of benzene rings is 2. The van der Waals surface area contributed by atoms with E-state index in [1.165, 1.54) is 0 Å². The number of hydrogen-bond donors (Lipinski definition) is 2. The summed E-state index contributed by atoms with van der Waals surface area (Å²) in [7, 11) is 0. The predicted molar refractivity (Wildman–Crippen MR) is 85.8 cm³/mol. The van der Waals surface area contributed by atoms with Gasteiger partial charge >= 0.3 is 0 Å². The van der Waals surface area contributed by atoms with E-state index in [1.807, 2.05) is 54.7 Å². The molecular weight excluding hydrogens is 284 g/mol. The molecule has 0 bridgehead atoms. The number of carbonyl (C=O) groups is 1. The molecule has 3 rings (SSSR count). The summed E-state index contributed by atoms with van der Waals surface area (Å²) < 4.78 is 0. The molecule has 21 heavy (non-hydrogen) atoms. The van der Waals surface area contributed by atoms with Crippen molar-refractivity contribution in [1.29, 1.82) is 0 Å². The van der Waals surface area contributed by atoms with Crippen LogP contribution in [0, 0.1) is 0 Å². The first-order chi connectivity index (χ1) is 10.2. The molecule has 1 heterocycles. The van der Waals surface area contributed by atoms with Gasteiger partial charge in [-0.15, -0.1) is 0 Å². The summed E-state index contributed by atoms with van der Waals surface area (Å²) in [6.07, 6.45) is 2.62. The minimum absolute atomic E-state index is 0.0583. The van der Waals surface area contributed by atoms with Crippen molar-refractivity contribution in [1.82, 2.24) is 10.3 Å². The second kappa shape index (κ2) is 6.02. The standard InChI is InChI=1S/C17H15ClN2O/c18-14-6-4-12(5-7-14)8-10-20-17(21)15-3-1-2-13-9-11-19-16(13)15/h1-7,9,11,19H,8,10H2,(H,20,21). The number of carbonyl (C=O) groups excluding carboxylic acids is 1. The van der Waals surface area contributed by atoms with Crippen molar-refractivity contribution >= 4 is 28.4 Å². The Labute approximate surface area is 127 Å². The molecule has 3 nitrogen and oxygen atoms in total. The number of H-pyrrole nitrogens is 1. The summed E-state index contributed by atoms with van der Waals surface area (Å²) in [6, 6.07) is 15.3. The SMILES string of the molecule is O=C(NCCc1ccc(Cl)cc1)c1cccc2cc[nH]c12. The summed E-state index contributed by atoms with van der Waals surface area (Å²) >= 11 is 5.85. The van der Waals surface area contributed by atoms with Gasteiger partial charge in [0.15, 0.2) is 0 Å². The normalized spacial score (nSPS) is 10.7. The van der Waals surface area contributed by atoms with Crippen LogP contribution in [0.5, 0.6) is 0 Å². The largest absolute Gasteiger partial charge is 0.361 e. The third kappa shape index (κ3) is 3.09. The highest BCUT2D eigenvalue weighted by molar-refractivity contribution is 6.30. The van der Waals surface area contributed by atoms with E-state index >= 15 is 0 Å². The Morgan fingerprint density at radius 3 is 2.71 bits per heavy atom. The minimum Gasteiger partial charge on any atom is -0.361 e. The summed E-state index contributed by atoms with van der Waals surface area (Å²) in [5.41, 5.74) is 2.70. The van der Waals surface area contributed by atoms with Gasteiger partial charge in [-0.3, -0.25) is 4.79 Å². The van der Waals surface area contributed by atoms with E-state index in [0.29, 0.717) is 12.1 Å². The zero-order valence-electron chi connectivity index (χ0n) is 11.4. The van der Waals surface area contributed by atoms with Crippen LogP contribution >= 0.6 is 11.6 Å². The quantitative estimate of drug-likeness (QED) is 0.756. The maximum atomic E-state index is 12.2. The number of rotatable bonds is 4. The first-order valence-electron chi connectivity index (χ1n) is 6.83. The molecule has 0 saturated heterocycles. The molecule has 0 spiro atoms. The Morgan fingerprint density at radius 2 is 1.90 bits per heavy atom. The summed E-state index contributed by atoms with van der Waals surface area (Å²) in [6.45, 7) is 0.595. The molecule has 2 N–H and O–H groups in total. The Morgan fingerprint density at radius 1 is 1.10 bits per heavy atom. The molecule has 0 aliphatic rings. The molecule has 106 valence electrons. The molecule has 1 amide bonds. The van der Waals surface area contributed by atoms with Crippen LogP contribution in [0.25, 0.3) is 10.9 Å². The average Bonchev–Trinajstić information content (AvgIpc) is 2.97. The topological polar surface area (TPSA) is 44.9 Å². The lowest BCUT2D eigenvalue weighted by atomic mass is 10.1. The van der Waals surface area contributed by atoms with Crippen molar-refractivity contribution < 1.29 is 4.79 Å². The van der Waals surface area contributed by atoms with Gasteiger partial charge in [-0.2, -0.15) is 0 Å². The van der Waals surface area contributed by atoms with E-state index in [4.69, 9.17) is 11.6 Å². The van der Waals surface area contributed by atoms with Gasteiger partial charge in [-0.25, -0.2) is 0 Å². The van der Waals surface area contributed by atoms with Crippen LogP contribution in [0.3, 0.4) is 0 Å². The Kier molecular flexibility index (Phi) is 3.93. The number of aromatic amines is 1. The molecule has 0 aliphatic carbocycles. The lowest BCUT2D eigenvalue weighted by molar-refractivity contribution is 0.0955. The molecule has 0 fully saturated rings. The molecule has 2 aromatic carbocycles. The lowest BCUT2D eigenvalue weighted by Gasteiger charge is -2.06. The number of halogens is 1. The zero-order valence-corrected chi connectivity index (χ0v) is 12.2. The van der Waals surface area contributed by atoms with Crippen molar-refractivity contribution in [2.45, 2.75) is 6.42 Å². The molecule has 0 aliphatic heterocycles. The Balaban J connectivity index is 1.64. The van der Waals surface area contributed by atoms with Gasteiger partial charge in [0, 0.05) is 23.2 Å². The van der Waals surface area contributed by atoms with Gasteiger partial charge in [0.05, 0.1) is 11.1 Å². The third-order valence-electron chi connectivity index (χ3n) is 3.44. The average molecular weight is 299 g/mol. The monoisotopic (exact) mass is 298 g/mol. The second-order valence-corrected chi connectivity index (χ2v) is 5.32. The van der Waals surface area contributed by atoms with Crippen molar-refractivity contribution in [3.8, 4) is 0 Å². The van der Waals surface area contributed by atoms with E-state index in [-0.39, 0.29) is 5.91 Å². The van der Waals surface area contributed by atoms with Gasteiger partial charge in [0.25, 0.3) is 5.91 Å². The first kappa shape index (κ1) is 13.7. The molecule has 0 unspecified atom stereocenters. The number of nitrogens with one attached hydrogen (secondary N) is 2. The summed E-state index contributed by atoms with van der Waals surface area (Å²) in [5.74, 6) is -0.0583. The van der Waals surface area contributed by atoms with E-state index in [2.05, 4.69) is 10.3 Å². The summed E-state index contributed by atoms with van der Waals surface area (Å²) in [4.78, 5) is 15.4. The maximum absolute atomic E-state index is 12.2. The molecule has 0 radical (unpaired) electrons. The number of aromatic nitrogens is 1. The lowest BCUT2D eigenvalue weighted by Crippen LogP contribution is -2.25. The van der Waals surface area contributed by atoms with Gasteiger partial charge in [-0.05, 0) is 36.2 Å². The minimum atomic E-state index is -0.0583. The molecule has 4 heteroatoms. The number of amides is 1. The van der Waals surface area contributed by atoms with E-state index < -0.39 is 0 Å². The molecule has 0 saturated carbocycles. The number of para-hydroxylation sites is 1. The van der Waals surface area contributed by atoms with E-state index in [1.54, 1.807) is 0 Å². The second-order valence-electron chi connectivity index (χ2n) is 4.88. The van der Waals surface area contributed by atoms with Crippen molar-refractivity contribution in [3.63, 3.8) is 0 Å². The fourth-order valence-corrected chi connectivity index (χ4v) is 2.47. The van der Waals surface area contributed by atoms with E-state index in [0.717, 1.165) is 27.9 Å². The Hall–Kier alpha value is -2.26. The van der Waals surface area contributed by atoms with Crippen LogP contribution in [-0.2, 0) is 6.42 Å². The van der Waals surface area contributed by atoms with Gasteiger partial charge in [-0.1, -0.05) is 35.9 Å². The highest BCUT2D eigenvalue weighted by Gasteiger charge is 2.09. The molecule has 3 aromatic rings. The van der Waals surface area contributed by atoms with Crippen molar-refractivity contribution in [2.24, 2.45) is 0 Å². The van der Waals surface area contributed by atoms with Crippen LogP contribution < -0.4 is 5.32 Å². The van der Waals surface area contributed by atoms with E-state index in [9.17, 15) is 4.79 Å². The highest BCUT2D eigenvalue weighted by atomic mass is 35.5. The summed E-state index contributed by atoms with van der Waals surface area (Å²) in [5, 5.41) is 4.72. The number of fused-ring (bicyclic) bond motifs is 1. The van der Waals surface area contributed by atoms with Gasteiger partial charge in [0.2, 0.25) is 0 Å². The maximum Gasteiger partial charge on any atom is 0.253 e. The van der Waals surface area contributed by atoms with Crippen LogP contribution in [0.15, 0.2) is 54.7 Å². The van der Waals surface area contributed by atoms with Crippen LogP contribution in [0.4, 0.5) is 0 Å². The molecular formula is C17H15ClN2O. The Bertz CT molecular complexity index is 762. The van der Waals surface area contributed by atoms with Gasteiger partial charge in [0.1, 0.15) is 0 Å². The zero-order chi connectivity index (χ0) is 14.7. The predicted octanol–water partition coefficient (Wildman–Crippen LogP) is 3.79. The molecule has 1 aromatic heterocycles. The van der Waals surface area contributed by atoms with Crippen LogP contribution in [-0.4, -0.2) is 17.4 Å². The van der Waals surface area contributed by atoms with Gasteiger partial charge < -0.3 is 10.3 Å². The smallest absolute Gasteiger partial charge is 0.253 e.